The van der Waals surface area contributed by atoms with Crippen LogP contribution in [0, 0.1) is 6.92 Å². The summed E-state index contributed by atoms with van der Waals surface area (Å²) in [6, 6.07) is -0.829. The Labute approximate surface area is 289 Å². The Morgan fingerprint density at radius 1 is 0.898 bits per heavy atom. The highest BCUT2D eigenvalue weighted by Crippen LogP contribution is 2.65. The van der Waals surface area contributed by atoms with Crippen LogP contribution in [0.4, 0.5) is 21.0 Å². The lowest BCUT2D eigenvalue weighted by Gasteiger charge is -2.37. The first-order valence-corrected chi connectivity index (χ1v) is 16.9. The monoisotopic (exact) mass is 674 g/mol. The minimum absolute atomic E-state index is 0.0239. The van der Waals surface area contributed by atoms with Crippen molar-refractivity contribution >= 4 is 29.1 Å². The summed E-state index contributed by atoms with van der Waals surface area (Å²) in [5.74, 6) is -0.435. The quantitative estimate of drug-likeness (QED) is 0.0253. The second-order valence-electron chi connectivity index (χ2n) is 12.0. The SMILES string of the molecule is CCC=CCC=CCC=CCC=CCC=CCC=CCCCOC(=O)N1[C@H]2[C@@H]1CN1c3c(O)c(C)c(N)c(O)c3C(=COC(N)=O)[C@@]21OC. The summed E-state index contributed by atoms with van der Waals surface area (Å²) in [4.78, 5) is 27.9. The maximum Gasteiger partial charge on any atom is 0.410 e. The fraction of sp³-hybridized carbons (Fsp3) is 0.421. The van der Waals surface area contributed by atoms with Gasteiger partial charge in [0.2, 0.25) is 0 Å². The summed E-state index contributed by atoms with van der Waals surface area (Å²) in [5, 5.41) is 22.0. The molecule has 0 saturated carbocycles. The van der Waals surface area contributed by atoms with Gasteiger partial charge in [-0.25, -0.2) is 9.59 Å². The predicted molar refractivity (Wildman–Crippen MR) is 193 cm³/mol. The normalized spacial score (nSPS) is 22.1. The van der Waals surface area contributed by atoms with Gasteiger partial charge in [-0.1, -0.05) is 79.8 Å². The van der Waals surface area contributed by atoms with Crippen LogP contribution in [0.15, 0.2) is 79.2 Å². The number of primary amides is 1. The van der Waals surface area contributed by atoms with Crippen LogP contribution in [0.5, 0.6) is 11.5 Å². The molecule has 3 aliphatic heterocycles. The number of phenolic OH excluding ortho intramolecular Hbond substituents is 2. The summed E-state index contributed by atoms with van der Waals surface area (Å²) in [7, 11) is 1.44. The molecular weight excluding hydrogens is 624 g/mol. The Hall–Kier alpha value is -4.90. The number of hydrogen-bond donors (Lipinski definition) is 4. The van der Waals surface area contributed by atoms with Gasteiger partial charge >= 0.3 is 12.2 Å². The van der Waals surface area contributed by atoms with Crippen molar-refractivity contribution < 1.29 is 34.0 Å². The van der Waals surface area contributed by atoms with Crippen LogP contribution in [0.2, 0.25) is 0 Å². The first-order valence-electron chi connectivity index (χ1n) is 16.9. The summed E-state index contributed by atoms with van der Waals surface area (Å²) in [6.45, 7) is 4.25. The average Bonchev–Trinajstić information content (AvgIpc) is 3.60. The number of ether oxygens (including phenoxy) is 3. The van der Waals surface area contributed by atoms with E-state index in [4.69, 9.17) is 25.7 Å². The minimum atomic E-state index is -1.37. The van der Waals surface area contributed by atoms with Crippen LogP contribution in [0.1, 0.15) is 69.4 Å². The number of nitrogen functional groups attached to an aromatic ring is 1. The highest BCUT2D eigenvalue weighted by molar-refractivity contribution is 6.01. The summed E-state index contributed by atoms with van der Waals surface area (Å²) < 4.78 is 16.6. The van der Waals surface area contributed by atoms with Crippen LogP contribution in [0.3, 0.4) is 0 Å². The van der Waals surface area contributed by atoms with Crippen LogP contribution >= 0.6 is 0 Å². The number of carbonyl (C=O) groups is 2. The Morgan fingerprint density at radius 2 is 1.45 bits per heavy atom. The van der Waals surface area contributed by atoms with Gasteiger partial charge in [-0.2, -0.15) is 0 Å². The van der Waals surface area contributed by atoms with Crippen molar-refractivity contribution in [1.82, 2.24) is 4.90 Å². The predicted octanol–water partition coefficient (Wildman–Crippen LogP) is 7.27. The van der Waals surface area contributed by atoms with E-state index in [0.29, 0.717) is 12.0 Å². The molecule has 3 aliphatic rings. The lowest BCUT2D eigenvalue weighted by atomic mass is 9.94. The molecule has 0 aliphatic carbocycles. The van der Waals surface area contributed by atoms with Crippen LogP contribution < -0.4 is 16.4 Å². The van der Waals surface area contributed by atoms with Gasteiger partial charge < -0.3 is 40.8 Å². The maximum absolute atomic E-state index is 13.1. The number of phenols is 2. The van der Waals surface area contributed by atoms with Crippen LogP contribution in [-0.4, -0.2) is 65.4 Å². The topological polar surface area (TPSA) is 161 Å². The first-order chi connectivity index (χ1) is 23.7. The number of aromatic hydroxyl groups is 2. The number of nitrogens with zero attached hydrogens (tertiary/aromatic N) is 2. The van der Waals surface area contributed by atoms with Crippen molar-refractivity contribution in [1.29, 1.82) is 0 Å². The van der Waals surface area contributed by atoms with Gasteiger partial charge in [0.15, 0.2) is 5.72 Å². The van der Waals surface area contributed by atoms with E-state index >= 15 is 0 Å². The minimum Gasteiger partial charge on any atom is -0.505 e. The third-order valence-electron chi connectivity index (χ3n) is 8.89. The molecule has 0 unspecified atom stereocenters. The Kier molecular flexibility index (Phi) is 13.2. The zero-order chi connectivity index (χ0) is 35.4. The highest BCUT2D eigenvalue weighted by Gasteiger charge is 2.76. The number of nitrogens with two attached hydrogens (primary N) is 2. The number of carbonyl (C=O) groups excluding carboxylic acids is 2. The Morgan fingerprint density at radius 3 is 1.98 bits per heavy atom. The van der Waals surface area contributed by atoms with E-state index < -0.39 is 24.0 Å². The highest BCUT2D eigenvalue weighted by atomic mass is 16.6. The van der Waals surface area contributed by atoms with Crippen molar-refractivity contribution in [3.8, 4) is 11.5 Å². The van der Waals surface area contributed by atoms with E-state index in [0.717, 1.165) is 51.2 Å². The van der Waals surface area contributed by atoms with E-state index in [-0.39, 0.29) is 53.2 Å². The van der Waals surface area contributed by atoms with E-state index in [1.165, 1.54) is 7.11 Å². The number of unbranched alkanes of at least 4 members (excludes halogenated alkanes) is 1. The summed E-state index contributed by atoms with van der Waals surface area (Å²) in [6.07, 6.45) is 32.6. The lowest BCUT2D eigenvalue weighted by Crippen LogP contribution is -2.51. The fourth-order valence-corrected chi connectivity index (χ4v) is 6.43. The molecule has 49 heavy (non-hydrogen) atoms. The molecule has 2 fully saturated rings. The molecule has 0 bridgehead atoms. The van der Waals surface area contributed by atoms with Gasteiger partial charge in [0.1, 0.15) is 23.8 Å². The van der Waals surface area contributed by atoms with E-state index in [2.05, 4.69) is 79.8 Å². The second kappa shape index (κ2) is 17.5. The molecule has 2 saturated heterocycles. The van der Waals surface area contributed by atoms with Gasteiger partial charge in [-0.05, 0) is 58.3 Å². The Bertz CT molecular complexity index is 1560. The molecule has 3 atom stereocenters. The number of methoxy groups -OCH3 is 1. The molecule has 3 heterocycles. The third kappa shape index (κ3) is 8.22. The number of piperazine rings is 1. The van der Waals surface area contributed by atoms with E-state index in [1.54, 1.807) is 16.7 Å². The third-order valence-corrected chi connectivity index (χ3v) is 8.89. The molecule has 1 aromatic carbocycles. The molecule has 2 amide bonds. The zero-order valence-corrected chi connectivity index (χ0v) is 28.7. The standard InChI is InChI=1S/C38H50N4O7/c1-4-5-6-7-8-9-10-11-12-13-14-15-16-17-18-19-20-21-22-23-24-48-37(46)42-29-25-41-32-30(34(44)31(39)27(2)33(32)43)28(26-49-36(40)45)38(41,47-3)35(29)42/h5-6,8-9,11-12,14-15,17-18,20-21,26,29,35,43-44H,4,7,10,13,16,19,22-25,39H2,1-3H3,(H2,40,45)/t29-,35-,38+,42?/m0/s1. The number of hydrogen-bond acceptors (Lipinski definition) is 9. The van der Waals surface area contributed by atoms with E-state index in [1.807, 2.05) is 0 Å². The molecule has 11 nitrogen and oxygen atoms in total. The molecule has 11 heteroatoms. The number of allylic oxidation sites excluding steroid dienone is 12. The molecule has 4 rings (SSSR count). The molecule has 1 aromatic rings. The average molecular weight is 675 g/mol. The van der Waals surface area contributed by atoms with Crippen molar-refractivity contribution in [2.75, 3.05) is 30.9 Å². The van der Waals surface area contributed by atoms with Gasteiger partial charge in [-0.15, -0.1) is 0 Å². The Balaban J connectivity index is 1.18. The van der Waals surface area contributed by atoms with Gasteiger partial charge in [0.05, 0.1) is 35.2 Å². The first kappa shape index (κ1) is 36.9. The summed E-state index contributed by atoms with van der Waals surface area (Å²) in [5.41, 5.74) is 10.8. The number of benzene rings is 1. The smallest absolute Gasteiger partial charge is 0.410 e. The molecule has 0 aromatic heterocycles. The van der Waals surface area contributed by atoms with Gasteiger partial charge in [0.25, 0.3) is 0 Å². The van der Waals surface area contributed by atoms with Crippen LogP contribution in [-0.2, 0) is 14.2 Å². The lowest BCUT2D eigenvalue weighted by molar-refractivity contribution is 0.0323. The van der Waals surface area contributed by atoms with Crippen molar-refractivity contribution in [2.24, 2.45) is 5.73 Å². The number of amides is 2. The van der Waals surface area contributed by atoms with Gasteiger partial charge in [0, 0.05) is 19.2 Å². The number of anilines is 2. The molecule has 0 radical (unpaired) electrons. The molecular formula is C38H50N4O7. The molecule has 264 valence electrons. The van der Waals surface area contributed by atoms with E-state index in [9.17, 15) is 19.8 Å². The zero-order valence-electron chi connectivity index (χ0n) is 28.7. The van der Waals surface area contributed by atoms with Gasteiger partial charge in [-0.3, -0.25) is 4.90 Å². The molecule has 0 spiro atoms. The van der Waals surface area contributed by atoms with Crippen molar-refractivity contribution in [2.45, 2.75) is 83.0 Å². The van der Waals surface area contributed by atoms with Crippen molar-refractivity contribution in [3.63, 3.8) is 0 Å². The molecule has 6 N–H and O–H groups in total. The fourth-order valence-electron chi connectivity index (χ4n) is 6.43. The van der Waals surface area contributed by atoms with Crippen molar-refractivity contribution in [3.05, 3.63) is 90.3 Å². The second-order valence-corrected chi connectivity index (χ2v) is 12.0. The number of fused-ring (bicyclic) bond motifs is 5. The van der Waals surface area contributed by atoms with Crippen LogP contribution in [0.25, 0.3) is 5.57 Å². The maximum atomic E-state index is 13.1. The summed E-state index contributed by atoms with van der Waals surface area (Å²) >= 11 is 0. The number of rotatable bonds is 17. The largest absolute Gasteiger partial charge is 0.505 e.